The van der Waals surface area contributed by atoms with Crippen LogP contribution in [0.1, 0.15) is 0 Å². The molecule has 0 aliphatic heterocycles. The van der Waals surface area contributed by atoms with Gasteiger partial charge in [-0.15, -0.1) is 0 Å². The molecule has 0 amide bonds. The summed E-state index contributed by atoms with van der Waals surface area (Å²) in [5, 5.41) is 6.82. The van der Waals surface area contributed by atoms with Gasteiger partial charge in [0.25, 0.3) is 0 Å². The molecule has 56 heavy (non-hydrogen) atoms. The first-order valence-electron chi connectivity index (χ1n) is 18.9. The number of rotatable bonds is 5. The van der Waals surface area contributed by atoms with Crippen molar-refractivity contribution < 1.29 is 0 Å². The Morgan fingerprint density at radius 2 is 0.589 bits per heavy atom. The number of pyridine rings is 4. The van der Waals surface area contributed by atoms with Crippen LogP contribution < -0.4 is 0 Å². The summed E-state index contributed by atoms with van der Waals surface area (Å²) < 4.78 is 0. The van der Waals surface area contributed by atoms with Gasteiger partial charge in [0, 0.05) is 43.8 Å². The summed E-state index contributed by atoms with van der Waals surface area (Å²) in [6.45, 7) is 0. The molecule has 0 bridgehead atoms. The maximum absolute atomic E-state index is 5.16. The van der Waals surface area contributed by atoms with Gasteiger partial charge >= 0.3 is 0 Å². The van der Waals surface area contributed by atoms with Crippen LogP contribution in [0.4, 0.5) is 0 Å². The lowest BCUT2D eigenvalue weighted by Gasteiger charge is -2.10. The zero-order chi connectivity index (χ0) is 37.0. The molecule has 11 rings (SSSR count). The molecule has 4 aromatic heterocycles. The molecule has 0 unspecified atom stereocenters. The van der Waals surface area contributed by atoms with Gasteiger partial charge in [0.1, 0.15) is 0 Å². The normalized spacial score (nSPS) is 11.6. The van der Waals surface area contributed by atoms with Gasteiger partial charge in [-0.05, 0) is 64.4 Å². The summed E-state index contributed by atoms with van der Waals surface area (Å²) in [4.78, 5) is 20.5. The smallest absolute Gasteiger partial charge is 0.0972 e. The lowest BCUT2D eigenvalue weighted by atomic mass is 9.99. The van der Waals surface area contributed by atoms with Crippen molar-refractivity contribution in [3.05, 3.63) is 194 Å². The Hall–Kier alpha value is -7.56. The van der Waals surface area contributed by atoms with E-state index in [1.165, 1.54) is 16.3 Å². The number of hydrogen-bond donors (Lipinski definition) is 0. The second-order valence-corrected chi connectivity index (χ2v) is 14.3. The summed E-state index contributed by atoms with van der Waals surface area (Å²) in [5.74, 6) is 0. The average Bonchev–Trinajstić information content (AvgIpc) is 3.28. The predicted molar refractivity (Wildman–Crippen MR) is 232 cm³/mol. The third kappa shape index (κ3) is 5.72. The van der Waals surface area contributed by atoms with Crippen LogP contribution in [0, 0.1) is 0 Å². The molecule has 0 saturated heterocycles. The van der Waals surface area contributed by atoms with Crippen LogP contribution >= 0.6 is 0 Å². The van der Waals surface area contributed by atoms with Crippen molar-refractivity contribution in [1.82, 2.24) is 19.9 Å². The minimum atomic E-state index is 0.903. The third-order valence-corrected chi connectivity index (χ3v) is 10.8. The van der Waals surface area contributed by atoms with E-state index in [4.69, 9.17) is 19.9 Å². The van der Waals surface area contributed by atoms with Crippen molar-refractivity contribution >= 4 is 54.4 Å². The summed E-state index contributed by atoms with van der Waals surface area (Å²) in [7, 11) is 0. The quantitative estimate of drug-likeness (QED) is 0.167. The SMILES string of the molecule is c1ccc(-c2ccc3ccc4ccc(-c5ccc(-c6ccc7ccc(-c8ccc9ccc(-c%10ccc%11ccccc%11c%10)cc9n8)cc7n6)cc5)nc4c3n2)cc1. The molecule has 4 heterocycles. The molecular formula is C52H32N4. The summed E-state index contributed by atoms with van der Waals surface area (Å²) in [5.41, 5.74) is 14.0. The molecule has 0 N–H and O–H groups in total. The first kappa shape index (κ1) is 31.9. The van der Waals surface area contributed by atoms with Gasteiger partial charge in [-0.3, -0.25) is 0 Å². The molecule has 0 aliphatic rings. The molecular weight excluding hydrogens is 681 g/mol. The fourth-order valence-corrected chi connectivity index (χ4v) is 7.77. The molecule has 0 atom stereocenters. The van der Waals surface area contributed by atoms with E-state index in [0.717, 1.165) is 94.2 Å². The van der Waals surface area contributed by atoms with E-state index in [0.29, 0.717) is 0 Å². The molecule has 260 valence electrons. The van der Waals surface area contributed by atoms with E-state index in [1.54, 1.807) is 0 Å². The lowest BCUT2D eigenvalue weighted by molar-refractivity contribution is 1.36. The Kier molecular flexibility index (Phi) is 7.46. The van der Waals surface area contributed by atoms with Crippen molar-refractivity contribution in [2.75, 3.05) is 0 Å². The Morgan fingerprint density at radius 1 is 0.214 bits per heavy atom. The van der Waals surface area contributed by atoms with Crippen molar-refractivity contribution in [1.29, 1.82) is 0 Å². The van der Waals surface area contributed by atoms with Gasteiger partial charge in [-0.1, -0.05) is 152 Å². The maximum atomic E-state index is 5.16. The van der Waals surface area contributed by atoms with E-state index in [2.05, 4.69) is 176 Å². The van der Waals surface area contributed by atoms with E-state index < -0.39 is 0 Å². The van der Waals surface area contributed by atoms with Gasteiger partial charge in [-0.2, -0.15) is 0 Å². The predicted octanol–water partition coefficient (Wildman–Crippen LogP) is 13.4. The Balaban J connectivity index is 0.898. The monoisotopic (exact) mass is 712 g/mol. The highest BCUT2D eigenvalue weighted by molar-refractivity contribution is 6.04. The van der Waals surface area contributed by atoms with Crippen LogP contribution in [0.3, 0.4) is 0 Å². The first-order valence-corrected chi connectivity index (χ1v) is 18.9. The number of aromatic nitrogens is 4. The molecule has 0 aliphatic carbocycles. The van der Waals surface area contributed by atoms with E-state index in [-0.39, 0.29) is 0 Å². The number of benzene rings is 7. The fraction of sp³-hybridized carbons (Fsp3) is 0. The fourth-order valence-electron chi connectivity index (χ4n) is 7.77. The molecule has 11 aromatic rings. The first-order chi connectivity index (χ1) is 27.7. The third-order valence-electron chi connectivity index (χ3n) is 10.8. The van der Waals surface area contributed by atoms with Crippen molar-refractivity contribution in [2.24, 2.45) is 0 Å². The van der Waals surface area contributed by atoms with Gasteiger partial charge in [-0.25, -0.2) is 19.9 Å². The van der Waals surface area contributed by atoms with Crippen LogP contribution in [0.25, 0.3) is 111 Å². The van der Waals surface area contributed by atoms with Gasteiger partial charge < -0.3 is 0 Å². The Morgan fingerprint density at radius 3 is 1.20 bits per heavy atom. The second-order valence-electron chi connectivity index (χ2n) is 14.3. The molecule has 4 nitrogen and oxygen atoms in total. The number of nitrogens with zero attached hydrogens (tertiary/aromatic N) is 4. The Bertz CT molecular complexity index is 3300. The second kappa shape index (κ2) is 13.1. The summed E-state index contributed by atoms with van der Waals surface area (Å²) >= 11 is 0. The average molecular weight is 713 g/mol. The molecule has 0 saturated carbocycles. The highest BCUT2D eigenvalue weighted by atomic mass is 14.8. The molecule has 0 spiro atoms. The standard InChI is InChI=1S/C52H32N4/c1-2-7-34(8-3-1)46-28-24-39-17-18-40-25-29-47(56-52(40)51(39)55-46)36-13-11-35(12-14-36)45-26-22-38-16-21-44(32-50(38)53-45)48-27-23-37-15-20-43(31-49(37)54-48)42-19-10-33-6-4-5-9-41(33)30-42/h1-32H. The largest absolute Gasteiger partial charge is 0.248 e. The minimum Gasteiger partial charge on any atom is -0.248 e. The molecule has 4 heteroatoms. The van der Waals surface area contributed by atoms with Crippen LogP contribution in [-0.4, -0.2) is 19.9 Å². The molecule has 0 fully saturated rings. The van der Waals surface area contributed by atoms with Crippen molar-refractivity contribution in [3.63, 3.8) is 0 Å². The van der Waals surface area contributed by atoms with E-state index >= 15 is 0 Å². The summed E-state index contributed by atoms with van der Waals surface area (Å²) in [6.07, 6.45) is 0. The zero-order valence-corrected chi connectivity index (χ0v) is 30.3. The van der Waals surface area contributed by atoms with E-state index in [1.807, 2.05) is 18.2 Å². The number of fused-ring (bicyclic) bond motifs is 6. The topological polar surface area (TPSA) is 51.6 Å². The lowest BCUT2D eigenvalue weighted by Crippen LogP contribution is -1.91. The zero-order valence-electron chi connectivity index (χ0n) is 30.3. The number of hydrogen-bond acceptors (Lipinski definition) is 4. The summed E-state index contributed by atoms with van der Waals surface area (Å²) in [6, 6.07) is 68.0. The van der Waals surface area contributed by atoms with Gasteiger partial charge in [0.05, 0.1) is 44.8 Å². The van der Waals surface area contributed by atoms with Crippen LogP contribution in [-0.2, 0) is 0 Å². The van der Waals surface area contributed by atoms with Crippen LogP contribution in [0.2, 0.25) is 0 Å². The van der Waals surface area contributed by atoms with Gasteiger partial charge in [0.2, 0.25) is 0 Å². The molecule has 7 aromatic carbocycles. The van der Waals surface area contributed by atoms with Gasteiger partial charge in [0.15, 0.2) is 0 Å². The van der Waals surface area contributed by atoms with Crippen LogP contribution in [0.15, 0.2) is 194 Å². The maximum Gasteiger partial charge on any atom is 0.0972 e. The van der Waals surface area contributed by atoms with E-state index in [9.17, 15) is 0 Å². The van der Waals surface area contributed by atoms with Crippen LogP contribution in [0.5, 0.6) is 0 Å². The van der Waals surface area contributed by atoms with Crippen molar-refractivity contribution in [2.45, 2.75) is 0 Å². The highest BCUT2D eigenvalue weighted by Crippen LogP contribution is 2.32. The Labute approximate surface area is 323 Å². The van der Waals surface area contributed by atoms with Crippen molar-refractivity contribution in [3.8, 4) is 56.2 Å². The minimum absolute atomic E-state index is 0.903. The molecule has 0 radical (unpaired) electrons. The highest BCUT2D eigenvalue weighted by Gasteiger charge is 2.11.